The Hall–Kier alpha value is -3.42. The zero-order valence-corrected chi connectivity index (χ0v) is 15.8. The van der Waals surface area contributed by atoms with Gasteiger partial charge < -0.3 is 18.9 Å². The Kier molecular flexibility index (Phi) is 5.16. The van der Waals surface area contributed by atoms with E-state index in [-0.39, 0.29) is 12.3 Å². The summed E-state index contributed by atoms with van der Waals surface area (Å²) in [7, 11) is 0. The first-order chi connectivity index (χ1) is 14.1. The summed E-state index contributed by atoms with van der Waals surface area (Å²) in [6, 6.07) is 12.7. The van der Waals surface area contributed by atoms with Crippen LogP contribution in [0, 0.1) is 0 Å². The number of benzene rings is 1. The molecule has 0 bridgehead atoms. The van der Waals surface area contributed by atoms with Gasteiger partial charge in [0.2, 0.25) is 17.6 Å². The van der Waals surface area contributed by atoms with Gasteiger partial charge in [-0.2, -0.15) is 4.98 Å². The van der Waals surface area contributed by atoms with Gasteiger partial charge in [-0.3, -0.25) is 9.59 Å². The molecular weight excluding hydrogens is 374 g/mol. The number of aliphatic carboxylic acids is 1. The molecule has 2 aromatic heterocycles. The van der Waals surface area contributed by atoms with Crippen molar-refractivity contribution in [3.63, 3.8) is 0 Å². The smallest absolute Gasteiger partial charge is 0.314 e. The zero-order chi connectivity index (χ0) is 20.3. The summed E-state index contributed by atoms with van der Waals surface area (Å²) in [6.07, 6.45) is 2.86. The van der Waals surface area contributed by atoms with Crippen LogP contribution in [0.1, 0.15) is 30.7 Å². The van der Waals surface area contributed by atoms with Crippen LogP contribution in [-0.2, 0) is 21.4 Å². The van der Waals surface area contributed by atoms with E-state index in [1.807, 2.05) is 30.3 Å². The van der Waals surface area contributed by atoms with Crippen LogP contribution in [0.3, 0.4) is 0 Å². The van der Waals surface area contributed by atoms with Crippen molar-refractivity contribution in [2.24, 2.45) is 0 Å². The highest BCUT2D eigenvalue weighted by Gasteiger charge is 2.43. The van der Waals surface area contributed by atoms with Crippen molar-refractivity contribution in [2.75, 3.05) is 13.1 Å². The molecule has 29 heavy (non-hydrogen) atoms. The minimum absolute atomic E-state index is 0.0465. The number of aromatic nitrogens is 2. The summed E-state index contributed by atoms with van der Waals surface area (Å²) in [5, 5.41) is 13.7. The Morgan fingerprint density at radius 2 is 1.86 bits per heavy atom. The molecule has 1 fully saturated rings. The fourth-order valence-corrected chi connectivity index (χ4v) is 3.76. The van der Waals surface area contributed by atoms with E-state index < -0.39 is 11.4 Å². The average molecular weight is 395 g/mol. The molecule has 8 heteroatoms. The standard InChI is InChI=1S/C21H21N3O5/c25-18(9-8-17-22-19(23-29-17)16-7-4-14-28-16)24-12-10-21(11-13-24,20(26)27)15-5-2-1-3-6-15/h1-7,14H,8-13H2,(H,26,27). The molecule has 0 aliphatic carbocycles. The highest BCUT2D eigenvalue weighted by molar-refractivity contribution is 5.82. The van der Waals surface area contributed by atoms with E-state index in [0.717, 1.165) is 5.56 Å². The first-order valence-electron chi connectivity index (χ1n) is 9.52. The van der Waals surface area contributed by atoms with Gasteiger partial charge in [-0.25, -0.2) is 0 Å². The van der Waals surface area contributed by atoms with Gasteiger partial charge in [0.25, 0.3) is 0 Å². The number of carbonyl (C=O) groups is 2. The van der Waals surface area contributed by atoms with Crippen LogP contribution in [0.4, 0.5) is 0 Å². The first kappa shape index (κ1) is 18.9. The second kappa shape index (κ2) is 7.90. The van der Waals surface area contributed by atoms with Crippen LogP contribution in [-0.4, -0.2) is 45.1 Å². The van der Waals surface area contributed by atoms with Crippen LogP contribution in [0.2, 0.25) is 0 Å². The normalized spacial score (nSPS) is 15.9. The topological polar surface area (TPSA) is 110 Å². The van der Waals surface area contributed by atoms with Crippen LogP contribution >= 0.6 is 0 Å². The van der Waals surface area contributed by atoms with E-state index in [1.54, 1.807) is 17.0 Å². The molecule has 1 saturated heterocycles. The molecule has 4 rings (SSSR count). The van der Waals surface area contributed by atoms with Gasteiger partial charge in [0.05, 0.1) is 11.7 Å². The Labute approximate surface area is 167 Å². The number of hydrogen-bond donors (Lipinski definition) is 1. The number of carbonyl (C=O) groups excluding carboxylic acids is 1. The fourth-order valence-electron chi connectivity index (χ4n) is 3.76. The SMILES string of the molecule is O=C(CCc1nc(-c2ccco2)no1)N1CCC(C(=O)O)(c2ccccc2)CC1. The van der Waals surface area contributed by atoms with Crippen LogP contribution in [0.15, 0.2) is 57.7 Å². The van der Waals surface area contributed by atoms with Gasteiger partial charge in [-0.15, -0.1) is 0 Å². The van der Waals surface area contributed by atoms with Gasteiger partial charge in [0.1, 0.15) is 0 Å². The number of nitrogens with zero attached hydrogens (tertiary/aromatic N) is 3. The minimum atomic E-state index is -0.942. The molecule has 0 atom stereocenters. The molecule has 1 N–H and O–H groups in total. The van der Waals surface area contributed by atoms with Crippen LogP contribution in [0.25, 0.3) is 11.6 Å². The van der Waals surface area contributed by atoms with Crippen LogP contribution in [0.5, 0.6) is 0 Å². The van der Waals surface area contributed by atoms with E-state index in [9.17, 15) is 14.7 Å². The van der Waals surface area contributed by atoms with Crippen molar-refractivity contribution in [1.82, 2.24) is 15.0 Å². The number of rotatable bonds is 6. The van der Waals surface area contributed by atoms with E-state index in [4.69, 9.17) is 8.94 Å². The highest BCUT2D eigenvalue weighted by Crippen LogP contribution is 2.36. The number of carboxylic acid groups (broad SMARTS) is 1. The molecule has 0 radical (unpaired) electrons. The lowest BCUT2D eigenvalue weighted by Crippen LogP contribution is -2.49. The van der Waals surface area contributed by atoms with Gasteiger partial charge >= 0.3 is 5.97 Å². The molecule has 1 amide bonds. The molecule has 0 saturated carbocycles. The van der Waals surface area contributed by atoms with Crippen molar-refractivity contribution >= 4 is 11.9 Å². The third-order valence-electron chi connectivity index (χ3n) is 5.47. The summed E-state index contributed by atoms with van der Waals surface area (Å²) >= 11 is 0. The first-order valence-corrected chi connectivity index (χ1v) is 9.52. The Morgan fingerprint density at radius 1 is 1.10 bits per heavy atom. The average Bonchev–Trinajstić information content (AvgIpc) is 3.44. The molecule has 8 nitrogen and oxygen atoms in total. The Morgan fingerprint density at radius 3 is 2.52 bits per heavy atom. The van der Waals surface area contributed by atoms with E-state index in [0.29, 0.717) is 49.8 Å². The molecule has 3 heterocycles. The van der Waals surface area contributed by atoms with Crippen molar-refractivity contribution < 1.29 is 23.6 Å². The number of likely N-dealkylation sites (tertiary alicyclic amines) is 1. The third kappa shape index (κ3) is 3.78. The molecular formula is C21H21N3O5. The molecule has 1 aromatic carbocycles. The lowest BCUT2D eigenvalue weighted by atomic mass is 9.73. The fraction of sp³-hybridized carbons (Fsp3) is 0.333. The number of amides is 1. The quantitative estimate of drug-likeness (QED) is 0.683. The maximum Gasteiger partial charge on any atom is 0.314 e. The van der Waals surface area contributed by atoms with E-state index in [2.05, 4.69) is 10.1 Å². The molecule has 0 spiro atoms. The summed E-state index contributed by atoms with van der Waals surface area (Å²) in [5.74, 6) is 0.339. The second-order valence-corrected chi connectivity index (χ2v) is 7.12. The summed E-state index contributed by atoms with van der Waals surface area (Å²) in [6.45, 7) is 0.809. The van der Waals surface area contributed by atoms with E-state index >= 15 is 0 Å². The number of piperidine rings is 1. The Bertz CT molecular complexity index is 973. The molecule has 150 valence electrons. The lowest BCUT2D eigenvalue weighted by Gasteiger charge is -2.39. The Balaban J connectivity index is 1.35. The zero-order valence-electron chi connectivity index (χ0n) is 15.8. The maximum atomic E-state index is 12.6. The summed E-state index contributed by atoms with van der Waals surface area (Å²) < 4.78 is 10.4. The number of aryl methyl sites for hydroxylation is 1. The van der Waals surface area contributed by atoms with Crippen LogP contribution < -0.4 is 0 Å². The predicted octanol–water partition coefficient (Wildman–Crippen LogP) is 2.91. The van der Waals surface area contributed by atoms with Crippen molar-refractivity contribution in [3.8, 4) is 11.6 Å². The molecule has 3 aromatic rings. The van der Waals surface area contributed by atoms with E-state index in [1.165, 1.54) is 6.26 Å². The lowest BCUT2D eigenvalue weighted by molar-refractivity contribution is -0.148. The van der Waals surface area contributed by atoms with Crippen molar-refractivity contribution in [2.45, 2.75) is 31.1 Å². The number of furan rings is 1. The van der Waals surface area contributed by atoms with Crippen molar-refractivity contribution in [1.29, 1.82) is 0 Å². The van der Waals surface area contributed by atoms with Crippen molar-refractivity contribution in [3.05, 3.63) is 60.2 Å². The summed E-state index contributed by atoms with van der Waals surface area (Å²) in [4.78, 5) is 30.6. The molecule has 1 aliphatic rings. The highest BCUT2D eigenvalue weighted by atomic mass is 16.5. The summed E-state index contributed by atoms with van der Waals surface area (Å²) in [5.41, 5.74) is -0.154. The van der Waals surface area contributed by atoms with Gasteiger partial charge in [0.15, 0.2) is 5.76 Å². The number of hydrogen-bond acceptors (Lipinski definition) is 6. The van der Waals surface area contributed by atoms with Gasteiger partial charge in [0, 0.05) is 25.9 Å². The van der Waals surface area contributed by atoms with Gasteiger partial charge in [-0.05, 0) is 30.5 Å². The largest absolute Gasteiger partial charge is 0.481 e. The molecule has 1 aliphatic heterocycles. The molecule has 0 unspecified atom stereocenters. The predicted molar refractivity (Wildman–Crippen MR) is 102 cm³/mol. The minimum Gasteiger partial charge on any atom is -0.481 e. The maximum absolute atomic E-state index is 12.6. The van der Waals surface area contributed by atoms with Gasteiger partial charge in [-0.1, -0.05) is 35.5 Å². The second-order valence-electron chi connectivity index (χ2n) is 7.12. The number of carboxylic acids is 1. The third-order valence-corrected chi connectivity index (χ3v) is 5.47. The monoisotopic (exact) mass is 395 g/mol.